The van der Waals surface area contributed by atoms with Gasteiger partial charge in [-0.1, -0.05) is 18.2 Å². The van der Waals surface area contributed by atoms with Crippen molar-refractivity contribution in [2.75, 3.05) is 0 Å². The van der Waals surface area contributed by atoms with E-state index in [0.717, 1.165) is 5.56 Å². The van der Waals surface area contributed by atoms with Gasteiger partial charge in [0.2, 0.25) is 5.91 Å². The minimum atomic E-state index is -0.410. The number of nitrogens with two attached hydrogens (primary N) is 1. The van der Waals surface area contributed by atoms with Crippen molar-refractivity contribution >= 4 is 11.8 Å². The predicted molar refractivity (Wildman–Crippen MR) is 50.5 cm³/mol. The Morgan fingerprint density at radius 2 is 2.14 bits per heavy atom. The Morgan fingerprint density at radius 1 is 1.43 bits per heavy atom. The zero-order valence-corrected chi connectivity index (χ0v) is 7.49. The largest absolute Gasteiger partial charge is 0.370 e. The van der Waals surface area contributed by atoms with Gasteiger partial charge in [0, 0.05) is 5.56 Å². The van der Waals surface area contributed by atoms with Crippen LogP contribution in [0.4, 0.5) is 0 Å². The Labute approximate surface area is 81.1 Å². The molecule has 2 rings (SSSR count). The number of benzene rings is 1. The van der Waals surface area contributed by atoms with E-state index in [1.807, 2.05) is 12.1 Å². The number of rotatable bonds is 2. The van der Waals surface area contributed by atoms with Crippen molar-refractivity contribution in [2.45, 2.75) is 12.5 Å². The number of fused-ring (bicyclic) bond motifs is 1. The van der Waals surface area contributed by atoms with Gasteiger partial charge in [-0.15, -0.1) is 0 Å². The molecule has 1 aromatic carbocycles. The third-order valence-corrected chi connectivity index (χ3v) is 2.29. The molecule has 1 heterocycles. The molecule has 0 aromatic heterocycles. The zero-order valence-electron chi connectivity index (χ0n) is 7.49. The molecule has 0 radical (unpaired) electrons. The summed E-state index contributed by atoms with van der Waals surface area (Å²) in [7, 11) is 0. The topological polar surface area (TPSA) is 72.2 Å². The standard InChI is InChI=1S/C10H10N2O2/c11-9(13)5-8-6-3-1-2-4-7(6)10(14)12-8/h1-4,8H,5H2,(H2,11,13)(H,12,14)/t8-/m0/s1. The lowest BCUT2D eigenvalue weighted by molar-refractivity contribution is -0.118. The minimum absolute atomic E-state index is 0.133. The van der Waals surface area contributed by atoms with Crippen LogP contribution >= 0.6 is 0 Å². The lowest BCUT2D eigenvalue weighted by Gasteiger charge is -2.07. The minimum Gasteiger partial charge on any atom is -0.370 e. The number of nitrogens with one attached hydrogen (secondary N) is 1. The normalized spacial score (nSPS) is 18.9. The van der Waals surface area contributed by atoms with Crippen LogP contribution < -0.4 is 11.1 Å². The maximum absolute atomic E-state index is 11.4. The molecule has 1 atom stereocenters. The van der Waals surface area contributed by atoms with E-state index >= 15 is 0 Å². The van der Waals surface area contributed by atoms with Gasteiger partial charge in [-0.2, -0.15) is 0 Å². The number of carbonyl (C=O) groups is 2. The van der Waals surface area contributed by atoms with Crippen LogP contribution in [0.15, 0.2) is 24.3 Å². The molecule has 0 fully saturated rings. The van der Waals surface area contributed by atoms with Gasteiger partial charge in [-0.05, 0) is 11.6 Å². The summed E-state index contributed by atoms with van der Waals surface area (Å²) in [6.07, 6.45) is 0.156. The quantitative estimate of drug-likeness (QED) is 0.706. The molecule has 1 aromatic rings. The summed E-state index contributed by atoms with van der Waals surface area (Å²) in [6, 6.07) is 6.96. The lowest BCUT2D eigenvalue weighted by Crippen LogP contribution is -2.24. The summed E-state index contributed by atoms with van der Waals surface area (Å²) < 4.78 is 0. The molecular formula is C10H10N2O2. The van der Waals surface area contributed by atoms with Crippen molar-refractivity contribution in [3.63, 3.8) is 0 Å². The number of hydrogen-bond donors (Lipinski definition) is 2. The highest BCUT2D eigenvalue weighted by molar-refractivity contribution is 5.99. The van der Waals surface area contributed by atoms with Crippen LogP contribution in [0.2, 0.25) is 0 Å². The van der Waals surface area contributed by atoms with Crippen LogP contribution in [0.25, 0.3) is 0 Å². The van der Waals surface area contributed by atoms with Crippen LogP contribution in [0.5, 0.6) is 0 Å². The van der Waals surface area contributed by atoms with E-state index in [1.54, 1.807) is 12.1 Å². The van der Waals surface area contributed by atoms with Crippen LogP contribution in [-0.2, 0) is 4.79 Å². The van der Waals surface area contributed by atoms with Crippen molar-refractivity contribution in [2.24, 2.45) is 5.73 Å². The predicted octanol–water partition coefficient (Wildman–Crippen LogP) is 0.346. The van der Waals surface area contributed by atoms with Crippen molar-refractivity contribution in [3.8, 4) is 0 Å². The Hall–Kier alpha value is -1.84. The maximum atomic E-state index is 11.4. The second-order valence-corrected chi connectivity index (χ2v) is 3.28. The molecule has 0 bridgehead atoms. The van der Waals surface area contributed by atoms with Crippen LogP contribution in [0.3, 0.4) is 0 Å². The monoisotopic (exact) mass is 190 g/mol. The van der Waals surface area contributed by atoms with Gasteiger partial charge in [0.05, 0.1) is 12.5 Å². The first-order valence-electron chi connectivity index (χ1n) is 4.36. The number of hydrogen-bond acceptors (Lipinski definition) is 2. The first kappa shape index (κ1) is 8.74. The van der Waals surface area contributed by atoms with E-state index in [0.29, 0.717) is 5.56 Å². The molecule has 0 saturated heterocycles. The Balaban J connectivity index is 2.34. The van der Waals surface area contributed by atoms with Gasteiger partial charge >= 0.3 is 0 Å². The fourth-order valence-electron chi connectivity index (χ4n) is 1.68. The second-order valence-electron chi connectivity index (χ2n) is 3.28. The van der Waals surface area contributed by atoms with E-state index in [4.69, 9.17) is 5.73 Å². The molecule has 0 aliphatic carbocycles. The molecule has 0 unspecified atom stereocenters. The molecule has 4 nitrogen and oxygen atoms in total. The van der Waals surface area contributed by atoms with Crippen LogP contribution in [0, 0.1) is 0 Å². The highest BCUT2D eigenvalue weighted by Gasteiger charge is 2.28. The molecule has 0 saturated carbocycles. The van der Waals surface area contributed by atoms with E-state index in [-0.39, 0.29) is 18.4 Å². The van der Waals surface area contributed by atoms with Gasteiger partial charge in [0.25, 0.3) is 5.91 Å². The maximum Gasteiger partial charge on any atom is 0.252 e. The smallest absolute Gasteiger partial charge is 0.252 e. The lowest BCUT2D eigenvalue weighted by atomic mass is 10.0. The Kier molecular flexibility index (Phi) is 1.96. The summed E-state index contributed by atoms with van der Waals surface area (Å²) >= 11 is 0. The van der Waals surface area contributed by atoms with Crippen molar-refractivity contribution in [1.82, 2.24) is 5.32 Å². The van der Waals surface area contributed by atoms with Crippen molar-refractivity contribution < 1.29 is 9.59 Å². The molecule has 14 heavy (non-hydrogen) atoms. The zero-order chi connectivity index (χ0) is 10.1. The summed E-state index contributed by atoms with van der Waals surface area (Å²) in [5.41, 5.74) is 6.58. The molecule has 3 N–H and O–H groups in total. The highest BCUT2D eigenvalue weighted by atomic mass is 16.2. The number of primary amides is 1. The molecule has 4 heteroatoms. The second kappa shape index (κ2) is 3.14. The summed E-state index contributed by atoms with van der Waals surface area (Å²) in [5.74, 6) is -0.543. The number of carbonyl (C=O) groups excluding carboxylic acids is 2. The van der Waals surface area contributed by atoms with E-state index < -0.39 is 5.91 Å². The van der Waals surface area contributed by atoms with Gasteiger partial charge in [0.15, 0.2) is 0 Å². The van der Waals surface area contributed by atoms with E-state index in [1.165, 1.54) is 0 Å². The average molecular weight is 190 g/mol. The summed E-state index contributed by atoms with van der Waals surface area (Å²) in [6.45, 7) is 0. The molecule has 1 aliphatic heterocycles. The third-order valence-electron chi connectivity index (χ3n) is 2.29. The molecular weight excluding hydrogens is 180 g/mol. The van der Waals surface area contributed by atoms with Gasteiger partial charge in [-0.3, -0.25) is 9.59 Å². The molecule has 1 aliphatic rings. The van der Waals surface area contributed by atoms with E-state index in [2.05, 4.69) is 5.32 Å². The summed E-state index contributed by atoms with van der Waals surface area (Å²) in [5, 5.41) is 2.71. The SMILES string of the molecule is NC(=O)C[C@@H]1NC(=O)c2ccccc21. The fourth-order valence-corrected chi connectivity index (χ4v) is 1.68. The van der Waals surface area contributed by atoms with Gasteiger partial charge < -0.3 is 11.1 Å². The van der Waals surface area contributed by atoms with Crippen molar-refractivity contribution in [3.05, 3.63) is 35.4 Å². The molecule has 2 amide bonds. The first-order valence-corrected chi connectivity index (χ1v) is 4.36. The Bertz CT molecular complexity index is 399. The Morgan fingerprint density at radius 3 is 2.86 bits per heavy atom. The van der Waals surface area contributed by atoms with Crippen LogP contribution in [0.1, 0.15) is 28.4 Å². The first-order chi connectivity index (χ1) is 6.68. The number of amides is 2. The summed E-state index contributed by atoms with van der Waals surface area (Å²) in [4.78, 5) is 22.1. The van der Waals surface area contributed by atoms with E-state index in [9.17, 15) is 9.59 Å². The van der Waals surface area contributed by atoms with Gasteiger partial charge in [-0.25, -0.2) is 0 Å². The molecule has 0 spiro atoms. The van der Waals surface area contributed by atoms with Crippen molar-refractivity contribution in [1.29, 1.82) is 0 Å². The third kappa shape index (κ3) is 1.35. The fraction of sp³-hybridized carbons (Fsp3) is 0.200. The van der Waals surface area contributed by atoms with Crippen LogP contribution in [-0.4, -0.2) is 11.8 Å². The highest BCUT2D eigenvalue weighted by Crippen LogP contribution is 2.26. The van der Waals surface area contributed by atoms with Gasteiger partial charge in [0.1, 0.15) is 0 Å². The average Bonchev–Trinajstić information content (AvgIpc) is 2.44. The molecule has 72 valence electrons.